The van der Waals surface area contributed by atoms with Gasteiger partial charge in [0.05, 0.1) is 11.3 Å². The summed E-state index contributed by atoms with van der Waals surface area (Å²) in [5, 5.41) is 10.4. The van der Waals surface area contributed by atoms with Crippen LogP contribution in [0.3, 0.4) is 0 Å². The number of nitrogens with zero attached hydrogens (tertiary/aromatic N) is 1. The number of benzene rings is 3. The first-order chi connectivity index (χ1) is 17.2. The average molecular weight is 675 g/mol. The van der Waals surface area contributed by atoms with Crippen molar-refractivity contribution < 1.29 is 34.4 Å². The second kappa shape index (κ2) is 14.6. The average Bonchev–Trinajstić information content (AvgIpc) is 2.83. The van der Waals surface area contributed by atoms with Crippen molar-refractivity contribution >= 4 is 16.7 Å². The summed E-state index contributed by atoms with van der Waals surface area (Å²) in [6.45, 7) is 8.00. The second-order valence-corrected chi connectivity index (χ2v) is 9.65. The molecule has 0 spiro atoms. The van der Waals surface area contributed by atoms with Crippen molar-refractivity contribution in [2.24, 2.45) is 11.8 Å². The van der Waals surface area contributed by atoms with Crippen molar-refractivity contribution in [1.82, 2.24) is 4.98 Å². The number of fused-ring (bicyclic) bond motifs is 1. The van der Waals surface area contributed by atoms with Crippen LogP contribution in [0.5, 0.6) is 0 Å². The molecule has 0 amide bonds. The first-order valence-corrected chi connectivity index (χ1v) is 12.3. The van der Waals surface area contributed by atoms with Gasteiger partial charge in [0.15, 0.2) is 5.78 Å². The van der Waals surface area contributed by atoms with Crippen molar-refractivity contribution in [1.29, 1.82) is 0 Å². The predicted octanol–water partition coefficient (Wildman–Crippen LogP) is 8.60. The molecule has 1 heterocycles. The Labute approximate surface area is 232 Å². The topological polar surface area (TPSA) is 50.2 Å². The van der Waals surface area contributed by atoms with Gasteiger partial charge in [-0.05, 0) is 46.9 Å². The number of hydrogen-bond donors (Lipinski definition) is 1. The van der Waals surface area contributed by atoms with E-state index >= 15 is 0 Å². The number of carbonyl (C=O) groups excluding carboxylic acids is 1. The molecule has 4 aromatic rings. The van der Waals surface area contributed by atoms with Crippen LogP contribution in [0, 0.1) is 23.7 Å². The Bertz CT molecular complexity index is 1320. The Morgan fingerprint density at radius 2 is 1.62 bits per heavy atom. The fraction of sp³-hybridized carbons (Fsp3) is 0.250. The molecule has 37 heavy (non-hydrogen) atoms. The SMILES string of the molecule is CC(C)CC(=O)/C=C(\O)CC(C)C.Fc1ccc(-c2cccc3nc(-c4[c-]cccc4)ccc23)cc1.[Ir]. The van der Waals surface area contributed by atoms with E-state index in [2.05, 4.69) is 12.1 Å². The van der Waals surface area contributed by atoms with E-state index in [1.807, 2.05) is 76.2 Å². The first-order valence-electron chi connectivity index (χ1n) is 12.3. The zero-order valence-corrected chi connectivity index (χ0v) is 24.1. The Hall–Kier alpha value is -3.14. The third-order valence-corrected chi connectivity index (χ3v) is 5.43. The molecule has 0 fully saturated rings. The number of halogens is 1. The second-order valence-electron chi connectivity index (χ2n) is 9.65. The molecule has 3 nitrogen and oxygen atoms in total. The first kappa shape index (κ1) is 30.1. The fourth-order valence-corrected chi connectivity index (χ4v) is 3.86. The van der Waals surface area contributed by atoms with Crippen LogP contribution in [0.25, 0.3) is 33.3 Å². The number of aliphatic hydroxyl groups is 1. The Kier molecular flexibility index (Phi) is 11.8. The Morgan fingerprint density at radius 1 is 0.919 bits per heavy atom. The molecule has 1 N–H and O–H groups in total. The van der Waals surface area contributed by atoms with E-state index < -0.39 is 0 Å². The van der Waals surface area contributed by atoms with Gasteiger partial charge in [-0.3, -0.25) is 9.78 Å². The van der Waals surface area contributed by atoms with Crippen molar-refractivity contribution in [2.75, 3.05) is 0 Å². The summed E-state index contributed by atoms with van der Waals surface area (Å²) >= 11 is 0. The maximum absolute atomic E-state index is 13.1. The van der Waals surface area contributed by atoms with Crippen LogP contribution in [-0.2, 0) is 24.9 Å². The van der Waals surface area contributed by atoms with E-state index in [4.69, 9.17) is 4.98 Å². The minimum atomic E-state index is -0.228. The van der Waals surface area contributed by atoms with Gasteiger partial charge in [-0.15, -0.1) is 35.9 Å². The molecule has 3 aromatic carbocycles. The van der Waals surface area contributed by atoms with Crippen molar-refractivity contribution in [3.63, 3.8) is 0 Å². The van der Waals surface area contributed by atoms with Crippen molar-refractivity contribution in [2.45, 2.75) is 40.5 Å². The summed E-state index contributed by atoms with van der Waals surface area (Å²) in [6.07, 6.45) is 2.46. The van der Waals surface area contributed by atoms with Gasteiger partial charge in [0.25, 0.3) is 0 Å². The maximum atomic E-state index is 13.1. The van der Waals surface area contributed by atoms with E-state index in [1.165, 1.54) is 18.2 Å². The van der Waals surface area contributed by atoms with Gasteiger partial charge in [-0.25, -0.2) is 4.39 Å². The molecule has 1 aromatic heterocycles. The molecule has 0 aliphatic carbocycles. The number of rotatable bonds is 7. The molecule has 0 aliphatic rings. The van der Waals surface area contributed by atoms with Gasteiger partial charge in [0.1, 0.15) is 5.82 Å². The number of aliphatic hydroxyl groups excluding tert-OH is 1. The van der Waals surface area contributed by atoms with Crippen LogP contribution in [-0.4, -0.2) is 15.9 Å². The van der Waals surface area contributed by atoms with Gasteiger partial charge in [0.2, 0.25) is 0 Å². The number of pyridine rings is 1. The number of ketones is 1. The molecule has 0 bridgehead atoms. The number of allylic oxidation sites excluding steroid dienone is 2. The minimum absolute atomic E-state index is 0. The quantitative estimate of drug-likeness (QED) is 0.121. The van der Waals surface area contributed by atoms with E-state index in [-0.39, 0.29) is 37.5 Å². The smallest absolute Gasteiger partial charge is 0.159 e. The van der Waals surface area contributed by atoms with Crippen LogP contribution in [0.15, 0.2) is 90.7 Å². The van der Waals surface area contributed by atoms with Gasteiger partial charge < -0.3 is 5.11 Å². The molecule has 195 valence electrons. The molecule has 0 atom stereocenters. The number of aromatic nitrogens is 1. The Morgan fingerprint density at radius 3 is 2.24 bits per heavy atom. The van der Waals surface area contributed by atoms with Crippen LogP contribution >= 0.6 is 0 Å². The molecule has 0 saturated heterocycles. The summed E-state index contributed by atoms with van der Waals surface area (Å²) in [5.74, 6) is 0.751. The third kappa shape index (κ3) is 9.35. The van der Waals surface area contributed by atoms with Crippen molar-refractivity contribution in [3.8, 4) is 22.4 Å². The molecule has 0 saturated carbocycles. The van der Waals surface area contributed by atoms with Crippen LogP contribution in [0.2, 0.25) is 0 Å². The van der Waals surface area contributed by atoms with E-state index in [1.54, 1.807) is 12.1 Å². The predicted molar refractivity (Wildman–Crippen MR) is 146 cm³/mol. The van der Waals surface area contributed by atoms with Gasteiger partial charge >= 0.3 is 0 Å². The normalized spacial score (nSPS) is 11.2. The molecule has 4 rings (SSSR count). The molecule has 0 unspecified atom stereocenters. The summed E-state index contributed by atoms with van der Waals surface area (Å²) < 4.78 is 13.1. The fourth-order valence-electron chi connectivity index (χ4n) is 3.86. The van der Waals surface area contributed by atoms with Gasteiger partial charge in [-0.2, -0.15) is 0 Å². The number of hydrogen-bond acceptors (Lipinski definition) is 3. The largest absolute Gasteiger partial charge is 0.512 e. The summed E-state index contributed by atoms with van der Waals surface area (Å²) in [6, 6.07) is 27.6. The van der Waals surface area contributed by atoms with Gasteiger partial charge in [0, 0.05) is 44.4 Å². The Balaban J connectivity index is 0.000000299. The molecule has 5 heteroatoms. The summed E-state index contributed by atoms with van der Waals surface area (Å²) in [4.78, 5) is 16.0. The summed E-state index contributed by atoms with van der Waals surface area (Å²) in [7, 11) is 0. The molecule has 1 radical (unpaired) electrons. The van der Waals surface area contributed by atoms with Gasteiger partial charge in [-0.1, -0.05) is 64.1 Å². The summed E-state index contributed by atoms with van der Waals surface area (Å²) in [5.41, 5.74) is 4.83. The van der Waals surface area contributed by atoms with Crippen LogP contribution in [0.4, 0.5) is 4.39 Å². The van der Waals surface area contributed by atoms with E-state index in [9.17, 15) is 14.3 Å². The molecule has 0 aliphatic heterocycles. The maximum Gasteiger partial charge on any atom is 0.159 e. The zero-order valence-electron chi connectivity index (χ0n) is 21.7. The zero-order chi connectivity index (χ0) is 26.1. The monoisotopic (exact) mass is 675 g/mol. The molecular formula is C32H33FIrNO2-. The van der Waals surface area contributed by atoms with Crippen LogP contribution < -0.4 is 0 Å². The van der Waals surface area contributed by atoms with Crippen molar-refractivity contribution in [3.05, 3.63) is 103 Å². The standard InChI is InChI=1S/C21H13FN.C11H20O2.Ir/c22-17-11-9-15(10-12-17)18-7-4-8-21-19(18)13-14-20(23-21)16-5-2-1-3-6-16;1-8(2)5-10(12)7-11(13)6-9(3)4;/h1-5,7-14H;7-9,12H,5-6H2,1-4H3;/q-1;;/b;10-7-;. The van der Waals surface area contributed by atoms with E-state index in [0.29, 0.717) is 24.7 Å². The molecular weight excluding hydrogens is 642 g/mol. The number of carbonyl (C=O) groups is 1. The van der Waals surface area contributed by atoms with E-state index in [0.717, 1.165) is 33.3 Å². The third-order valence-electron chi connectivity index (χ3n) is 5.43. The minimum Gasteiger partial charge on any atom is -0.512 e. The van der Waals surface area contributed by atoms with Crippen LogP contribution in [0.1, 0.15) is 40.5 Å².